The number of aliphatic hydroxyl groups excluding tert-OH is 1. The Labute approximate surface area is 213 Å². The van der Waals surface area contributed by atoms with E-state index in [9.17, 15) is 14.7 Å². The van der Waals surface area contributed by atoms with Crippen molar-refractivity contribution in [2.24, 2.45) is 46.3 Å². The number of nitrogens with one attached hydrogen (secondary N) is 1. The van der Waals surface area contributed by atoms with Gasteiger partial charge in [0.05, 0.1) is 6.10 Å². The number of rotatable bonds is 10. The van der Waals surface area contributed by atoms with Crippen LogP contribution in [0.2, 0.25) is 0 Å². The first-order valence-corrected chi connectivity index (χ1v) is 14.8. The number of unbranched alkanes of at least 4 members (excludes halogenated alkanes) is 2. The van der Waals surface area contributed by atoms with Crippen molar-refractivity contribution in [1.82, 2.24) is 5.32 Å². The smallest absolute Gasteiger partial charge is 0.303 e. The molecular weight excluding hydrogens is 438 g/mol. The van der Waals surface area contributed by atoms with E-state index in [4.69, 9.17) is 5.11 Å². The number of aliphatic hydroxyl groups is 1. The predicted octanol–water partition coefficient (Wildman–Crippen LogP) is 6.18. The number of carboxylic acids is 1. The van der Waals surface area contributed by atoms with Crippen molar-refractivity contribution in [3.63, 3.8) is 0 Å². The topological polar surface area (TPSA) is 86.6 Å². The van der Waals surface area contributed by atoms with Crippen molar-refractivity contribution < 1.29 is 19.8 Å². The summed E-state index contributed by atoms with van der Waals surface area (Å²) in [5, 5.41) is 22.0. The van der Waals surface area contributed by atoms with Crippen LogP contribution in [-0.4, -0.2) is 34.7 Å². The molecule has 4 saturated carbocycles. The summed E-state index contributed by atoms with van der Waals surface area (Å²) in [6, 6.07) is 0. The van der Waals surface area contributed by atoms with Gasteiger partial charge in [-0.25, -0.2) is 0 Å². The van der Waals surface area contributed by atoms with Gasteiger partial charge in [-0.05, 0) is 123 Å². The molecule has 35 heavy (non-hydrogen) atoms. The summed E-state index contributed by atoms with van der Waals surface area (Å²) in [7, 11) is 0. The van der Waals surface area contributed by atoms with Crippen LogP contribution in [0, 0.1) is 46.3 Å². The van der Waals surface area contributed by atoms with Gasteiger partial charge in [0.1, 0.15) is 0 Å². The Morgan fingerprint density at radius 1 is 0.914 bits per heavy atom. The lowest BCUT2D eigenvalue weighted by molar-refractivity contribution is -0.137. The van der Waals surface area contributed by atoms with E-state index in [2.05, 4.69) is 26.1 Å². The average Bonchev–Trinajstić information content (AvgIpc) is 3.17. The van der Waals surface area contributed by atoms with Gasteiger partial charge in [0.2, 0.25) is 5.91 Å². The molecular formula is C30H51NO4. The van der Waals surface area contributed by atoms with Crippen molar-refractivity contribution in [2.75, 3.05) is 6.54 Å². The fraction of sp³-hybridized carbons (Fsp3) is 0.933. The van der Waals surface area contributed by atoms with Crippen molar-refractivity contribution in [3.8, 4) is 0 Å². The Morgan fingerprint density at radius 2 is 1.66 bits per heavy atom. The van der Waals surface area contributed by atoms with Gasteiger partial charge in [-0.15, -0.1) is 0 Å². The molecule has 1 amide bonds. The normalized spacial score (nSPS) is 41.4. The maximum atomic E-state index is 12.4. The second-order valence-corrected chi connectivity index (χ2v) is 13.4. The fourth-order valence-electron chi connectivity index (χ4n) is 9.66. The summed E-state index contributed by atoms with van der Waals surface area (Å²) in [4.78, 5) is 23.0. The third-order valence-corrected chi connectivity index (χ3v) is 11.6. The van der Waals surface area contributed by atoms with Crippen molar-refractivity contribution in [2.45, 2.75) is 123 Å². The molecule has 4 aliphatic carbocycles. The lowest BCUT2D eigenvalue weighted by atomic mass is 9.44. The third-order valence-electron chi connectivity index (χ3n) is 11.6. The lowest BCUT2D eigenvalue weighted by Crippen LogP contribution is -2.54. The summed E-state index contributed by atoms with van der Waals surface area (Å²) in [5.41, 5.74) is 0.872. The Bertz CT molecular complexity index is 755. The largest absolute Gasteiger partial charge is 0.481 e. The SMILES string of the molecule is C[C@H](CCC(=O)NCCCCCC(=O)O)[C@H]1CC[C@H]2[C@@H]3CC[C@@H]4C[C@H](O)CC[C@]4(C)[C@H]3CC[C@]12C. The van der Waals surface area contributed by atoms with Gasteiger partial charge < -0.3 is 15.5 Å². The van der Waals surface area contributed by atoms with Crippen molar-refractivity contribution in [1.29, 1.82) is 0 Å². The zero-order valence-corrected chi connectivity index (χ0v) is 22.6. The minimum absolute atomic E-state index is 0.0654. The van der Waals surface area contributed by atoms with E-state index in [1.807, 2.05) is 0 Å². The Hall–Kier alpha value is -1.10. The van der Waals surface area contributed by atoms with E-state index in [0.29, 0.717) is 36.1 Å². The first-order chi connectivity index (χ1) is 16.6. The summed E-state index contributed by atoms with van der Waals surface area (Å²) in [5.74, 6) is 4.02. The number of hydrogen-bond acceptors (Lipinski definition) is 3. The number of aliphatic carboxylic acids is 1. The third kappa shape index (κ3) is 5.60. The molecule has 5 nitrogen and oxygen atoms in total. The van der Waals surface area contributed by atoms with Crippen LogP contribution in [0.1, 0.15) is 117 Å². The highest BCUT2D eigenvalue weighted by Crippen LogP contribution is 2.68. The molecule has 0 aromatic heterocycles. The Morgan fingerprint density at radius 3 is 2.43 bits per heavy atom. The van der Waals surface area contributed by atoms with Crippen molar-refractivity contribution in [3.05, 3.63) is 0 Å². The zero-order chi connectivity index (χ0) is 25.2. The first-order valence-electron chi connectivity index (χ1n) is 14.8. The molecule has 200 valence electrons. The molecule has 0 aromatic rings. The van der Waals surface area contributed by atoms with Crippen LogP contribution < -0.4 is 5.32 Å². The molecule has 0 saturated heterocycles. The molecule has 5 heteroatoms. The number of fused-ring (bicyclic) bond motifs is 5. The molecule has 0 radical (unpaired) electrons. The molecule has 0 spiro atoms. The quantitative estimate of drug-likeness (QED) is 0.320. The Balaban J connectivity index is 1.26. The molecule has 0 heterocycles. The molecule has 4 rings (SSSR count). The lowest BCUT2D eigenvalue weighted by Gasteiger charge is -2.61. The summed E-state index contributed by atoms with van der Waals surface area (Å²) < 4.78 is 0. The highest BCUT2D eigenvalue weighted by molar-refractivity contribution is 5.75. The van der Waals surface area contributed by atoms with Gasteiger partial charge in [-0.2, -0.15) is 0 Å². The number of hydrogen-bond donors (Lipinski definition) is 3. The second-order valence-electron chi connectivity index (χ2n) is 13.4. The number of carbonyl (C=O) groups excluding carboxylic acids is 1. The monoisotopic (exact) mass is 489 g/mol. The molecule has 4 fully saturated rings. The van der Waals surface area contributed by atoms with Crippen LogP contribution in [0.3, 0.4) is 0 Å². The Kier molecular flexibility index (Phi) is 8.55. The molecule has 3 N–H and O–H groups in total. The van der Waals surface area contributed by atoms with Crippen LogP contribution >= 0.6 is 0 Å². The maximum absolute atomic E-state index is 12.4. The molecule has 0 aromatic carbocycles. The van der Waals surface area contributed by atoms with Crippen LogP contribution in [0.15, 0.2) is 0 Å². The van der Waals surface area contributed by atoms with Gasteiger partial charge in [0.15, 0.2) is 0 Å². The summed E-state index contributed by atoms with van der Waals surface area (Å²) >= 11 is 0. The second kappa shape index (κ2) is 11.1. The van der Waals surface area contributed by atoms with Crippen LogP contribution in [0.25, 0.3) is 0 Å². The molecule has 9 atom stereocenters. The van der Waals surface area contributed by atoms with E-state index < -0.39 is 5.97 Å². The van der Waals surface area contributed by atoms with E-state index in [1.165, 1.54) is 44.9 Å². The summed E-state index contributed by atoms with van der Waals surface area (Å²) in [6.07, 6.45) is 15.5. The van der Waals surface area contributed by atoms with Crippen LogP contribution in [0.4, 0.5) is 0 Å². The highest BCUT2D eigenvalue weighted by atomic mass is 16.4. The van der Waals surface area contributed by atoms with E-state index >= 15 is 0 Å². The van der Waals surface area contributed by atoms with Gasteiger partial charge >= 0.3 is 5.97 Å². The number of amides is 1. The number of carbonyl (C=O) groups is 2. The van der Waals surface area contributed by atoms with Crippen molar-refractivity contribution >= 4 is 11.9 Å². The minimum atomic E-state index is -0.741. The summed E-state index contributed by atoms with van der Waals surface area (Å²) in [6.45, 7) is 8.22. The van der Waals surface area contributed by atoms with Gasteiger partial charge in [-0.1, -0.05) is 27.2 Å². The van der Waals surface area contributed by atoms with Gasteiger partial charge in [0, 0.05) is 19.4 Å². The standard InChI is InChI=1S/C30H51NO4/c1-20(8-13-27(33)31-18-6-4-5-7-28(34)35)24-11-12-25-23-10-9-21-19-22(32)14-16-29(21,2)26(23)15-17-30(24,25)3/h20-26,32H,4-19H2,1-3H3,(H,31,33)(H,34,35)/t20-,21-,22-,23+,24-,25+,26+,29+,30-/m1/s1. The van der Waals surface area contributed by atoms with Crippen LogP contribution in [0.5, 0.6) is 0 Å². The number of carboxylic acid groups (broad SMARTS) is 1. The van der Waals surface area contributed by atoms with E-state index in [1.54, 1.807) is 0 Å². The molecule has 0 unspecified atom stereocenters. The minimum Gasteiger partial charge on any atom is -0.481 e. The van der Waals surface area contributed by atoms with E-state index in [0.717, 1.165) is 61.7 Å². The zero-order valence-electron chi connectivity index (χ0n) is 22.6. The average molecular weight is 490 g/mol. The fourth-order valence-corrected chi connectivity index (χ4v) is 9.66. The van der Waals surface area contributed by atoms with E-state index in [-0.39, 0.29) is 18.4 Å². The molecule has 0 bridgehead atoms. The highest BCUT2D eigenvalue weighted by Gasteiger charge is 2.60. The van der Waals surface area contributed by atoms with Crippen LogP contribution in [-0.2, 0) is 9.59 Å². The van der Waals surface area contributed by atoms with Gasteiger partial charge in [-0.3, -0.25) is 9.59 Å². The molecule has 0 aliphatic heterocycles. The maximum Gasteiger partial charge on any atom is 0.303 e. The van der Waals surface area contributed by atoms with Gasteiger partial charge in [0.25, 0.3) is 0 Å². The molecule has 4 aliphatic rings. The first kappa shape index (κ1) is 26.9. The predicted molar refractivity (Wildman–Crippen MR) is 139 cm³/mol.